The van der Waals surface area contributed by atoms with Gasteiger partial charge in [0.05, 0.1) is 6.33 Å². The minimum atomic E-state index is -2.39. The highest BCUT2D eigenvalue weighted by Gasteiger charge is 2.36. The van der Waals surface area contributed by atoms with Gasteiger partial charge in [-0.1, -0.05) is 0 Å². The number of nitrogens with zero attached hydrogens (tertiary/aromatic N) is 1. The number of rotatable bonds is 9. The van der Waals surface area contributed by atoms with Crippen molar-refractivity contribution in [2.75, 3.05) is 27.9 Å². The third kappa shape index (κ3) is 4.56. The van der Waals surface area contributed by atoms with E-state index in [4.69, 9.17) is 13.3 Å². The van der Waals surface area contributed by atoms with E-state index in [0.717, 1.165) is 31.2 Å². The molecule has 6 nitrogen and oxygen atoms in total. The van der Waals surface area contributed by atoms with Crippen molar-refractivity contribution < 1.29 is 13.3 Å². The first-order valence-electron chi connectivity index (χ1n) is 5.60. The third-order valence-electron chi connectivity index (χ3n) is 2.64. The van der Waals surface area contributed by atoms with Gasteiger partial charge in [-0.3, -0.25) is 0 Å². The molecule has 1 aromatic rings. The molecule has 7 heteroatoms. The van der Waals surface area contributed by atoms with Crippen LogP contribution in [0.2, 0.25) is 6.04 Å². The van der Waals surface area contributed by atoms with Crippen LogP contribution >= 0.6 is 0 Å². The molecule has 0 radical (unpaired) electrons. The highest BCUT2D eigenvalue weighted by atomic mass is 28.4. The van der Waals surface area contributed by atoms with E-state index in [1.165, 1.54) is 0 Å². The Morgan fingerprint density at radius 1 is 1.29 bits per heavy atom. The molecule has 0 bridgehead atoms. The van der Waals surface area contributed by atoms with Crippen LogP contribution in [0, 0.1) is 0 Å². The zero-order valence-corrected chi connectivity index (χ0v) is 11.7. The van der Waals surface area contributed by atoms with Gasteiger partial charge in [0.2, 0.25) is 0 Å². The van der Waals surface area contributed by atoms with Crippen LogP contribution in [-0.4, -0.2) is 46.6 Å². The molecule has 0 spiro atoms. The van der Waals surface area contributed by atoms with E-state index in [0.29, 0.717) is 0 Å². The first-order chi connectivity index (χ1) is 8.26. The molecule has 1 rings (SSSR count). The number of hydrogen-bond donors (Lipinski definition) is 2. The zero-order valence-electron chi connectivity index (χ0n) is 10.7. The average Bonchev–Trinajstić information content (AvgIpc) is 2.88. The fourth-order valence-corrected chi connectivity index (χ4v) is 3.31. The summed E-state index contributed by atoms with van der Waals surface area (Å²) in [7, 11) is 2.51. The number of nitrogens with one attached hydrogen (secondary N) is 2. The molecule has 0 fully saturated rings. The molecule has 0 amide bonds. The van der Waals surface area contributed by atoms with Crippen molar-refractivity contribution in [2.24, 2.45) is 0 Å². The Morgan fingerprint density at radius 2 is 2.00 bits per heavy atom. The summed E-state index contributed by atoms with van der Waals surface area (Å²) in [5.74, 6) is 0. The standard InChI is InChI=1S/C10H21N3O3Si/c1-14-17(15-2,16-3)6-4-5-11-7-10-8-12-9-13-10/h8-9,11H,4-7H2,1-3H3,(H,12,13). The summed E-state index contributed by atoms with van der Waals surface area (Å²) < 4.78 is 16.0. The average molecular weight is 259 g/mol. The van der Waals surface area contributed by atoms with Crippen molar-refractivity contribution >= 4 is 8.80 Å². The van der Waals surface area contributed by atoms with Gasteiger partial charge in [-0.2, -0.15) is 0 Å². The van der Waals surface area contributed by atoms with Crippen LogP contribution in [0.4, 0.5) is 0 Å². The molecule has 98 valence electrons. The van der Waals surface area contributed by atoms with Crippen molar-refractivity contribution in [3.8, 4) is 0 Å². The van der Waals surface area contributed by atoms with E-state index in [9.17, 15) is 0 Å². The second-order valence-electron chi connectivity index (χ2n) is 3.65. The van der Waals surface area contributed by atoms with E-state index >= 15 is 0 Å². The number of aromatic amines is 1. The van der Waals surface area contributed by atoms with Gasteiger partial charge >= 0.3 is 8.80 Å². The van der Waals surface area contributed by atoms with E-state index in [1.54, 1.807) is 27.7 Å². The molecule has 0 aromatic carbocycles. The Balaban J connectivity index is 2.14. The highest BCUT2D eigenvalue weighted by Crippen LogP contribution is 2.14. The lowest BCUT2D eigenvalue weighted by Gasteiger charge is -2.24. The van der Waals surface area contributed by atoms with E-state index in [2.05, 4.69) is 15.3 Å². The molecule has 2 N–H and O–H groups in total. The van der Waals surface area contributed by atoms with Gasteiger partial charge in [-0.25, -0.2) is 4.98 Å². The smallest absolute Gasteiger partial charge is 0.377 e. The monoisotopic (exact) mass is 259 g/mol. The molecular formula is C10H21N3O3Si. The minimum absolute atomic E-state index is 0.793. The lowest BCUT2D eigenvalue weighted by atomic mass is 10.4. The second kappa shape index (κ2) is 7.57. The minimum Gasteiger partial charge on any atom is -0.377 e. The summed E-state index contributed by atoms with van der Waals surface area (Å²) in [6, 6.07) is 0.812. The van der Waals surface area contributed by atoms with Gasteiger partial charge < -0.3 is 23.6 Å². The van der Waals surface area contributed by atoms with E-state index < -0.39 is 8.80 Å². The maximum atomic E-state index is 5.34. The molecule has 0 aliphatic carbocycles. The van der Waals surface area contributed by atoms with Crippen molar-refractivity contribution in [1.82, 2.24) is 15.3 Å². The Bertz CT molecular complexity index is 283. The molecule has 0 aliphatic heterocycles. The summed E-state index contributed by atoms with van der Waals surface area (Å²) >= 11 is 0. The van der Waals surface area contributed by atoms with Crippen LogP contribution in [0.1, 0.15) is 12.1 Å². The van der Waals surface area contributed by atoms with Crippen LogP contribution in [0.3, 0.4) is 0 Å². The Labute approximate surface area is 103 Å². The molecule has 0 aliphatic rings. The van der Waals surface area contributed by atoms with E-state index in [1.807, 2.05) is 6.20 Å². The van der Waals surface area contributed by atoms with Crippen LogP contribution < -0.4 is 5.32 Å². The van der Waals surface area contributed by atoms with E-state index in [-0.39, 0.29) is 0 Å². The lowest BCUT2D eigenvalue weighted by molar-refractivity contribution is 0.123. The van der Waals surface area contributed by atoms with Crippen LogP contribution in [-0.2, 0) is 19.8 Å². The van der Waals surface area contributed by atoms with Crippen molar-refractivity contribution in [1.29, 1.82) is 0 Å². The Morgan fingerprint density at radius 3 is 2.53 bits per heavy atom. The van der Waals surface area contributed by atoms with Gasteiger partial charge in [0, 0.05) is 45.8 Å². The number of hydrogen-bond acceptors (Lipinski definition) is 5. The van der Waals surface area contributed by atoms with Crippen molar-refractivity contribution in [3.05, 3.63) is 18.2 Å². The van der Waals surface area contributed by atoms with Gasteiger partial charge in [-0.15, -0.1) is 0 Å². The third-order valence-corrected chi connectivity index (χ3v) is 5.47. The first kappa shape index (κ1) is 14.3. The topological polar surface area (TPSA) is 68.4 Å². The second-order valence-corrected chi connectivity index (χ2v) is 6.74. The Kier molecular flexibility index (Phi) is 6.38. The number of H-pyrrole nitrogens is 1. The number of imidazole rings is 1. The maximum absolute atomic E-state index is 5.34. The predicted molar refractivity (Wildman–Crippen MR) is 66.5 cm³/mol. The summed E-state index contributed by atoms with van der Waals surface area (Å²) in [4.78, 5) is 6.99. The van der Waals surface area contributed by atoms with Gasteiger partial charge in [0.25, 0.3) is 0 Å². The molecule has 1 aromatic heterocycles. The quantitative estimate of drug-likeness (QED) is 0.506. The first-order valence-corrected chi connectivity index (χ1v) is 7.53. The highest BCUT2D eigenvalue weighted by molar-refractivity contribution is 6.60. The summed E-state index contributed by atoms with van der Waals surface area (Å²) in [5, 5.41) is 3.32. The molecule has 17 heavy (non-hydrogen) atoms. The fraction of sp³-hybridized carbons (Fsp3) is 0.700. The molecule has 1 heterocycles. The molecule has 0 atom stereocenters. The summed E-state index contributed by atoms with van der Waals surface area (Å²) in [6.45, 7) is 1.69. The Hall–Kier alpha value is -0.733. The van der Waals surface area contributed by atoms with Gasteiger partial charge in [-0.05, 0) is 13.0 Å². The largest absolute Gasteiger partial charge is 0.500 e. The van der Waals surface area contributed by atoms with Gasteiger partial charge in [0.1, 0.15) is 0 Å². The number of aromatic nitrogens is 2. The SMILES string of the molecule is CO[Si](CCCNCc1cnc[nH]1)(OC)OC. The van der Waals surface area contributed by atoms with Crippen LogP contribution in [0.5, 0.6) is 0 Å². The van der Waals surface area contributed by atoms with Gasteiger partial charge in [0.15, 0.2) is 0 Å². The fourth-order valence-electron chi connectivity index (χ4n) is 1.59. The maximum Gasteiger partial charge on any atom is 0.500 e. The lowest BCUT2D eigenvalue weighted by Crippen LogP contribution is -2.43. The van der Waals surface area contributed by atoms with Crippen LogP contribution in [0.15, 0.2) is 12.5 Å². The molecular weight excluding hydrogens is 238 g/mol. The normalized spacial score (nSPS) is 11.9. The summed E-state index contributed by atoms with van der Waals surface area (Å²) in [6.07, 6.45) is 4.44. The molecule has 0 unspecified atom stereocenters. The molecule has 0 saturated heterocycles. The molecule has 0 saturated carbocycles. The van der Waals surface area contributed by atoms with Crippen molar-refractivity contribution in [2.45, 2.75) is 19.0 Å². The van der Waals surface area contributed by atoms with Crippen LogP contribution in [0.25, 0.3) is 0 Å². The van der Waals surface area contributed by atoms with Crippen molar-refractivity contribution in [3.63, 3.8) is 0 Å². The predicted octanol–water partition coefficient (Wildman–Crippen LogP) is 0.767. The summed E-state index contributed by atoms with van der Waals surface area (Å²) in [5.41, 5.74) is 1.08. The zero-order chi connectivity index (χ0) is 12.6.